The maximum absolute atomic E-state index is 12.4. The minimum atomic E-state index is -0.444. The first-order chi connectivity index (χ1) is 23.2. The fourth-order valence-electron chi connectivity index (χ4n) is 6.30. The van der Waals surface area contributed by atoms with Crippen LogP contribution in [0.2, 0.25) is 8.67 Å². The van der Waals surface area contributed by atoms with Gasteiger partial charge < -0.3 is 9.80 Å². The molecule has 48 heavy (non-hydrogen) atoms. The Hall–Kier alpha value is -3.30. The van der Waals surface area contributed by atoms with Gasteiger partial charge in [-0.1, -0.05) is 83.9 Å². The molecule has 2 amide bonds. The van der Waals surface area contributed by atoms with Crippen LogP contribution < -0.4 is 0 Å². The number of amides is 2. The lowest BCUT2D eigenvalue weighted by Crippen LogP contribution is -2.37. The molecule has 4 aromatic rings. The zero-order chi connectivity index (χ0) is 34.2. The number of carbonyl (C=O) groups is 2. The molecule has 252 valence electrons. The van der Waals surface area contributed by atoms with Gasteiger partial charge in [0, 0.05) is 34.7 Å². The molecule has 10 heteroatoms. The summed E-state index contributed by atoms with van der Waals surface area (Å²) in [5.41, 5.74) is 7.29. The highest BCUT2D eigenvalue weighted by molar-refractivity contribution is 7.16. The lowest BCUT2D eigenvalue weighted by atomic mass is 9.86. The number of benzene rings is 2. The average Bonchev–Trinajstić information content (AvgIpc) is 3.65. The Balaban J connectivity index is 0.000000188. The van der Waals surface area contributed by atoms with Crippen LogP contribution in [0, 0.1) is 13.8 Å². The zero-order valence-corrected chi connectivity index (χ0v) is 30.1. The number of thiophene rings is 2. The van der Waals surface area contributed by atoms with E-state index in [1.807, 2.05) is 46.2 Å². The maximum atomic E-state index is 12.4. The van der Waals surface area contributed by atoms with Gasteiger partial charge in [-0.15, -0.1) is 22.7 Å². The van der Waals surface area contributed by atoms with Crippen LogP contribution in [-0.2, 0) is 22.7 Å². The van der Waals surface area contributed by atoms with Crippen LogP contribution in [0.5, 0.6) is 0 Å². The van der Waals surface area contributed by atoms with Crippen molar-refractivity contribution in [2.75, 3.05) is 26.4 Å². The largest absolute Gasteiger partial charge is 0.333 e. The van der Waals surface area contributed by atoms with E-state index in [-0.39, 0.29) is 36.5 Å². The number of hydrogen-bond donors (Lipinski definition) is 0. The van der Waals surface area contributed by atoms with E-state index in [1.165, 1.54) is 68.2 Å². The number of fused-ring (bicyclic) bond motifs is 2. The molecule has 4 heterocycles. The van der Waals surface area contributed by atoms with Gasteiger partial charge >= 0.3 is 0 Å². The van der Waals surface area contributed by atoms with Crippen LogP contribution in [0.4, 0.5) is 8.78 Å². The van der Waals surface area contributed by atoms with Crippen LogP contribution >= 0.6 is 45.9 Å². The van der Waals surface area contributed by atoms with Gasteiger partial charge in [0.05, 0.1) is 35.1 Å². The van der Waals surface area contributed by atoms with Gasteiger partial charge in [-0.05, 0) is 84.4 Å². The van der Waals surface area contributed by atoms with Crippen molar-refractivity contribution < 1.29 is 18.4 Å². The molecule has 0 saturated carbocycles. The Morgan fingerprint density at radius 3 is 1.48 bits per heavy atom. The third-order valence-electron chi connectivity index (χ3n) is 8.67. The summed E-state index contributed by atoms with van der Waals surface area (Å²) in [5.74, 6) is 0.101. The molecule has 2 aliphatic heterocycles. The fourth-order valence-corrected chi connectivity index (χ4v) is 9.01. The molecule has 2 aromatic carbocycles. The monoisotopic (exact) mass is 726 g/mol. The molecule has 2 aromatic heterocycles. The molecule has 0 N–H and O–H groups in total. The average molecular weight is 728 g/mol. The topological polar surface area (TPSA) is 40.6 Å². The van der Waals surface area contributed by atoms with Crippen LogP contribution in [0.15, 0.2) is 85.0 Å². The van der Waals surface area contributed by atoms with Crippen molar-refractivity contribution in [2.24, 2.45) is 0 Å². The second-order valence-electron chi connectivity index (χ2n) is 11.9. The molecule has 6 rings (SSSR count). The predicted octanol–water partition coefficient (Wildman–Crippen LogP) is 10.2. The highest BCUT2D eigenvalue weighted by atomic mass is 35.5. The predicted molar refractivity (Wildman–Crippen MR) is 195 cm³/mol. The molecule has 0 unspecified atom stereocenters. The summed E-state index contributed by atoms with van der Waals surface area (Å²) in [5, 5.41) is 0. The summed E-state index contributed by atoms with van der Waals surface area (Å²) in [6, 6.07) is 20.5. The summed E-state index contributed by atoms with van der Waals surface area (Å²) >= 11 is 15.5. The van der Waals surface area contributed by atoms with E-state index in [0.717, 1.165) is 18.4 Å². The van der Waals surface area contributed by atoms with Crippen LogP contribution in [0.3, 0.4) is 0 Å². The molecule has 0 radical (unpaired) electrons. The van der Waals surface area contributed by atoms with Crippen LogP contribution in [0.25, 0.3) is 0 Å². The summed E-state index contributed by atoms with van der Waals surface area (Å²) in [4.78, 5) is 30.8. The SMILES string of the molecule is Cc1ccccc1[C@@H]1CN(C(=O)/C=C/CCF)Cc2sc(Cl)cc21.Cc1ccccc1[C@H]1CN(C(=O)/C=C/CCF)Cc2sc(Cl)cc21. The van der Waals surface area contributed by atoms with E-state index in [0.29, 0.717) is 26.2 Å². The van der Waals surface area contributed by atoms with Crippen molar-refractivity contribution in [3.05, 3.63) is 137 Å². The minimum absolute atomic E-state index is 0.0720. The third kappa shape index (κ3) is 8.64. The van der Waals surface area contributed by atoms with Gasteiger partial charge in [0.1, 0.15) is 0 Å². The highest BCUT2D eigenvalue weighted by Gasteiger charge is 2.32. The molecule has 2 aliphatic rings. The number of rotatable bonds is 8. The Morgan fingerprint density at radius 1 is 0.708 bits per heavy atom. The number of halogens is 4. The molecular formula is C38H38Cl2F2N2O2S2. The lowest BCUT2D eigenvalue weighted by molar-refractivity contribution is -0.127. The van der Waals surface area contributed by atoms with E-state index in [9.17, 15) is 18.4 Å². The van der Waals surface area contributed by atoms with E-state index < -0.39 is 13.3 Å². The molecular weight excluding hydrogens is 689 g/mol. The Kier molecular flexibility index (Phi) is 12.7. The lowest BCUT2D eigenvalue weighted by Gasteiger charge is -2.33. The third-order valence-corrected chi connectivity index (χ3v) is 11.2. The summed E-state index contributed by atoms with van der Waals surface area (Å²) in [6.45, 7) is 5.64. The Morgan fingerprint density at radius 2 is 1.10 bits per heavy atom. The van der Waals surface area contributed by atoms with E-state index in [2.05, 4.69) is 38.1 Å². The molecule has 2 atom stereocenters. The second-order valence-corrected chi connectivity index (χ2v) is 15.4. The molecule has 0 aliphatic carbocycles. The Labute approximate surface area is 299 Å². The number of allylic oxidation sites excluding steroid dienone is 2. The normalized spacial score (nSPS) is 17.3. The number of carbonyl (C=O) groups excluding carboxylic acids is 2. The molecule has 0 fully saturated rings. The van der Waals surface area contributed by atoms with Crippen LogP contribution in [-0.4, -0.2) is 48.1 Å². The van der Waals surface area contributed by atoms with E-state index in [1.54, 1.807) is 12.2 Å². The molecule has 0 spiro atoms. The van der Waals surface area contributed by atoms with Crippen molar-refractivity contribution in [3.63, 3.8) is 0 Å². The molecule has 0 bridgehead atoms. The quantitative estimate of drug-likeness (QED) is 0.170. The van der Waals surface area contributed by atoms with Crippen molar-refractivity contribution in [1.82, 2.24) is 9.80 Å². The summed E-state index contributed by atoms with van der Waals surface area (Å²) < 4.78 is 26.0. The van der Waals surface area contributed by atoms with Gasteiger partial charge in [0.15, 0.2) is 0 Å². The second kappa shape index (κ2) is 16.9. The Bertz CT molecular complexity index is 1670. The standard InChI is InChI=1S/2C19H19ClFNOS/c2*1-13-6-2-3-7-14(13)16-11-22(19(23)8-4-5-9-21)12-17-15(16)10-18(20)24-17/h2*2-4,6-8,10,16H,5,9,11-12H2,1H3/b2*8-4+/t2*16-/m10/s1. The molecule has 4 nitrogen and oxygen atoms in total. The van der Waals surface area contributed by atoms with E-state index >= 15 is 0 Å². The van der Waals surface area contributed by atoms with Crippen molar-refractivity contribution >= 4 is 57.7 Å². The fraction of sp³-hybridized carbons (Fsp3) is 0.316. The zero-order valence-electron chi connectivity index (χ0n) is 26.9. The summed E-state index contributed by atoms with van der Waals surface area (Å²) in [7, 11) is 0. The number of nitrogens with zero attached hydrogens (tertiary/aromatic N) is 2. The first-order valence-corrected chi connectivity index (χ1v) is 18.3. The van der Waals surface area contributed by atoms with Gasteiger partial charge in [0.2, 0.25) is 11.8 Å². The summed E-state index contributed by atoms with van der Waals surface area (Å²) in [6.07, 6.45) is 6.71. The van der Waals surface area contributed by atoms with Crippen molar-refractivity contribution in [2.45, 2.75) is 51.6 Å². The molecule has 0 saturated heterocycles. The number of alkyl halides is 2. The first-order valence-electron chi connectivity index (χ1n) is 15.9. The number of hydrogen-bond acceptors (Lipinski definition) is 4. The smallest absolute Gasteiger partial charge is 0.246 e. The first kappa shape index (κ1) is 36.0. The van der Waals surface area contributed by atoms with Gasteiger partial charge in [0.25, 0.3) is 0 Å². The van der Waals surface area contributed by atoms with Crippen LogP contribution in [0.1, 0.15) is 67.8 Å². The highest BCUT2D eigenvalue weighted by Crippen LogP contribution is 2.42. The number of aryl methyl sites for hydroxylation is 2. The van der Waals surface area contributed by atoms with E-state index in [4.69, 9.17) is 23.2 Å². The van der Waals surface area contributed by atoms with Gasteiger partial charge in [-0.3, -0.25) is 18.4 Å². The minimum Gasteiger partial charge on any atom is -0.333 e. The van der Waals surface area contributed by atoms with Gasteiger partial charge in [-0.2, -0.15) is 0 Å². The maximum Gasteiger partial charge on any atom is 0.246 e. The van der Waals surface area contributed by atoms with Crippen molar-refractivity contribution in [1.29, 1.82) is 0 Å². The van der Waals surface area contributed by atoms with Gasteiger partial charge in [-0.25, -0.2) is 0 Å². The van der Waals surface area contributed by atoms with Crippen molar-refractivity contribution in [3.8, 4) is 0 Å².